The molecule has 0 aliphatic heterocycles. The second kappa shape index (κ2) is 13.2. The third-order valence-corrected chi connectivity index (χ3v) is 7.54. The number of rotatable bonds is 10. The predicted molar refractivity (Wildman–Crippen MR) is 159 cm³/mol. The largest absolute Gasteiger partial charge is 0.519 e. The van der Waals surface area contributed by atoms with Gasteiger partial charge in [0, 0.05) is 0 Å². The van der Waals surface area contributed by atoms with Crippen molar-refractivity contribution in [3.63, 3.8) is 0 Å². The summed E-state index contributed by atoms with van der Waals surface area (Å²) in [6.07, 6.45) is 1.99. The zero-order chi connectivity index (χ0) is 28.6. The molecule has 4 aromatic carbocycles. The standard InChI is InChI=1S/C35H38O5/c1-5-27-25(21-23(3)29-15-7-9-17-31(29)36)13-11-19-33(27)39-35(38)40-34-20-12-14-26(28(34)6-2)22-24(4)30-16-8-10-18-32(30)37/h7-20,23-24,36-37H,5-6,21-22H2,1-4H3. The molecule has 0 spiro atoms. The van der Waals surface area contributed by atoms with Crippen molar-refractivity contribution in [2.24, 2.45) is 0 Å². The molecule has 0 aliphatic rings. The Balaban J connectivity index is 1.50. The average Bonchev–Trinajstić information content (AvgIpc) is 2.93. The van der Waals surface area contributed by atoms with E-state index in [2.05, 4.69) is 13.8 Å². The molecule has 0 bridgehead atoms. The number of phenolic OH excluding ortho intramolecular Hbond substituents is 2. The Hall–Kier alpha value is -4.25. The quantitative estimate of drug-likeness (QED) is 0.156. The maximum atomic E-state index is 13.0. The molecular formula is C35H38O5. The van der Waals surface area contributed by atoms with Crippen molar-refractivity contribution in [1.82, 2.24) is 0 Å². The summed E-state index contributed by atoms with van der Waals surface area (Å²) in [4.78, 5) is 13.0. The molecule has 2 atom stereocenters. The topological polar surface area (TPSA) is 76.0 Å². The lowest BCUT2D eigenvalue weighted by Crippen LogP contribution is -2.17. The smallest absolute Gasteiger partial charge is 0.508 e. The van der Waals surface area contributed by atoms with Gasteiger partial charge in [-0.1, -0.05) is 88.4 Å². The van der Waals surface area contributed by atoms with Gasteiger partial charge in [0.15, 0.2) is 0 Å². The van der Waals surface area contributed by atoms with Crippen molar-refractivity contribution in [3.05, 3.63) is 118 Å². The van der Waals surface area contributed by atoms with E-state index in [4.69, 9.17) is 9.47 Å². The Morgan fingerprint density at radius 1 is 0.625 bits per heavy atom. The summed E-state index contributed by atoms with van der Waals surface area (Å²) < 4.78 is 11.5. The summed E-state index contributed by atoms with van der Waals surface area (Å²) in [6.45, 7) is 8.23. The van der Waals surface area contributed by atoms with Crippen LogP contribution in [0.15, 0.2) is 84.9 Å². The second-order valence-corrected chi connectivity index (χ2v) is 10.3. The molecule has 5 heteroatoms. The highest BCUT2D eigenvalue weighted by molar-refractivity contribution is 5.69. The summed E-state index contributed by atoms with van der Waals surface area (Å²) in [5, 5.41) is 20.6. The van der Waals surface area contributed by atoms with E-state index in [1.165, 1.54) is 0 Å². The van der Waals surface area contributed by atoms with Crippen molar-refractivity contribution in [3.8, 4) is 23.0 Å². The van der Waals surface area contributed by atoms with E-state index < -0.39 is 6.16 Å². The maximum absolute atomic E-state index is 13.0. The lowest BCUT2D eigenvalue weighted by molar-refractivity contribution is 0.151. The molecule has 4 aromatic rings. The molecule has 4 rings (SSSR count). The zero-order valence-electron chi connectivity index (χ0n) is 23.7. The number of carbonyl (C=O) groups excluding carboxylic acids is 1. The van der Waals surface area contributed by atoms with E-state index in [-0.39, 0.29) is 23.3 Å². The summed E-state index contributed by atoms with van der Waals surface area (Å²) in [7, 11) is 0. The Labute approximate surface area is 237 Å². The van der Waals surface area contributed by atoms with Crippen LogP contribution in [0.3, 0.4) is 0 Å². The first kappa shape index (κ1) is 28.8. The van der Waals surface area contributed by atoms with Crippen LogP contribution in [0.2, 0.25) is 0 Å². The highest BCUT2D eigenvalue weighted by Gasteiger charge is 2.20. The first-order chi connectivity index (χ1) is 19.3. The van der Waals surface area contributed by atoms with Crippen molar-refractivity contribution in [2.45, 2.75) is 65.2 Å². The van der Waals surface area contributed by atoms with E-state index >= 15 is 0 Å². The van der Waals surface area contributed by atoms with Gasteiger partial charge in [-0.05, 0) is 95.2 Å². The zero-order valence-corrected chi connectivity index (χ0v) is 23.7. The fraction of sp³-hybridized carbons (Fsp3) is 0.286. The Bertz CT molecular complexity index is 1350. The lowest BCUT2D eigenvalue weighted by atomic mass is 9.90. The van der Waals surface area contributed by atoms with E-state index in [1.54, 1.807) is 24.3 Å². The van der Waals surface area contributed by atoms with Crippen LogP contribution in [0.1, 0.15) is 72.9 Å². The van der Waals surface area contributed by atoms with E-state index in [0.29, 0.717) is 37.2 Å². The van der Waals surface area contributed by atoms with Crippen LogP contribution in [-0.2, 0) is 25.7 Å². The van der Waals surface area contributed by atoms with E-state index in [1.807, 2.05) is 74.5 Å². The van der Waals surface area contributed by atoms with Gasteiger partial charge in [0.05, 0.1) is 0 Å². The number of hydrogen-bond acceptors (Lipinski definition) is 5. The highest BCUT2D eigenvalue weighted by Crippen LogP contribution is 2.34. The molecule has 2 unspecified atom stereocenters. The molecule has 40 heavy (non-hydrogen) atoms. The number of hydrogen-bond donors (Lipinski definition) is 2. The molecule has 0 aromatic heterocycles. The van der Waals surface area contributed by atoms with Crippen LogP contribution in [-0.4, -0.2) is 16.4 Å². The molecule has 5 nitrogen and oxygen atoms in total. The van der Waals surface area contributed by atoms with Crippen LogP contribution in [0.5, 0.6) is 23.0 Å². The second-order valence-electron chi connectivity index (χ2n) is 10.3. The molecule has 0 radical (unpaired) electrons. The van der Waals surface area contributed by atoms with Crippen LogP contribution in [0.4, 0.5) is 4.79 Å². The van der Waals surface area contributed by atoms with Gasteiger partial charge in [0.1, 0.15) is 23.0 Å². The monoisotopic (exact) mass is 538 g/mol. The number of phenols is 2. The van der Waals surface area contributed by atoms with Crippen molar-refractivity contribution in [2.75, 3.05) is 0 Å². The molecule has 208 valence electrons. The van der Waals surface area contributed by atoms with E-state index in [0.717, 1.165) is 33.4 Å². The minimum Gasteiger partial charge on any atom is -0.508 e. The third-order valence-electron chi connectivity index (χ3n) is 7.54. The van der Waals surface area contributed by atoms with Crippen LogP contribution < -0.4 is 9.47 Å². The molecular weight excluding hydrogens is 500 g/mol. The molecule has 0 heterocycles. The van der Waals surface area contributed by atoms with Crippen molar-refractivity contribution in [1.29, 1.82) is 0 Å². The fourth-order valence-corrected chi connectivity index (χ4v) is 5.49. The first-order valence-electron chi connectivity index (χ1n) is 14.0. The number of aromatic hydroxyl groups is 2. The molecule has 0 saturated heterocycles. The normalized spacial score (nSPS) is 12.5. The van der Waals surface area contributed by atoms with Gasteiger partial charge in [-0.3, -0.25) is 0 Å². The van der Waals surface area contributed by atoms with Gasteiger partial charge in [-0.15, -0.1) is 0 Å². The minimum atomic E-state index is -0.777. The number of benzene rings is 4. The Morgan fingerprint density at radius 3 is 1.40 bits per heavy atom. The summed E-state index contributed by atoms with van der Waals surface area (Å²) in [5.41, 5.74) is 5.80. The highest BCUT2D eigenvalue weighted by atomic mass is 16.7. The molecule has 0 saturated carbocycles. The summed E-state index contributed by atoms with van der Waals surface area (Å²) in [6, 6.07) is 26.2. The number of ether oxygens (including phenoxy) is 2. The lowest BCUT2D eigenvalue weighted by Gasteiger charge is -2.19. The molecule has 2 N–H and O–H groups in total. The minimum absolute atomic E-state index is 0.0868. The fourth-order valence-electron chi connectivity index (χ4n) is 5.49. The molecule has 0 fully saturated rings. The van der Waals surface area contributed by atoms with Gasteiger partial charge in [0.25, 0.3) is 0 Å². The third kappa shape index (κ3) is 6.66. The van der Waals surface area contributed by atoms with Gasteiger partial charge < -0.3 is 19.7 Å². The molecule has 0 amide bonds. The van der Waals surface area contributed by atoms with Gasteiger partial charge in [0.2, 0.25) is 0 Å². The van der Waals surface area contributed by atoms with E-state index in [9.17, 15) is 15.0 Å². The first-order valence-corrected chi connectivity index (χ1v) is 14.0. The number of carbonyl (C=O) groups is 1. The van der Waals surface area contributed by atoms with Crippen molar-refractivity contribution >= 4 is 6.16 Å². The van der Waals surface area contributed by atoms with Gasteiger partial charge >= 0.3 is 6.16 Å². The SMILES string of the molecule is CCc1c(CC(C)c2ccccc2O)cccc1OC(=O)Oc1cccc(CC(C)c2ccccc2O)c1CC. The van der Waals surface area contributed by atoms with Crippen molar-refractivity contribution < 1.29 is 24.5 Å². The molecule has 0 aliphatic carbocycles. The summed E-state index contributed by atoms with van der Waals surface area (Å²) >= 11 is 0. The van der Waals surface area contributed by atoms with Crippen LogP contribution in [0.25, 0.3) is 0 Å². The van der Waals surface area contributed by atoms with Crippen LogP contribution >= 0.6 is 0 Å². The predicted octanol–water partition coefficient (Wildman–Crippen LogP) is 8.49. The maximum Gasteiger partial charge on any atom is 0.519 e. The Kier molecular flexibility index (Phi) is 9.49. The summed E-state index contributed by atoms with van der Waals surface area (Å²) in [5.74, 6) is 1.71. The Morgan fingerprint density at radius 2 is 1.02 bits per heavy atom. The van der Waals surface area contributed by atoms with Gasteiger partial charge in [-0.25, -0.2) is 4.79 Å². The number of para-hydroxylation sites is 2. The van der Waals surface area contributed by atoms with Gasteiger partial charge in [-0.2, -0.15) is 0 Å². The average molecular weight is 539 g/mol. The van der Waals surface area contributed by atoms with Crippen LogP contribution in [0, 0.1) is 0 Å².